The van der Waals surface area contributed by atoms with Crippen LogP contribution in [0, 0.1) is 6.92 Å². The number of rotatable bonds is 5. The molecule has 3 heterocycles. The lowest BCUT2D eigenvalue weighted by molar-refractivity contribution is -0.129. The van der Waals surface area contributed by atoms with Crippen molar-refractivity contribution in [3.05, 3.63) is 45.1 Å². The molecule has 3 aromatic rings. The van der Waals surface area contributed by atoms with Crippen molar-refractivity contribution in [3.63, 3.8) is 0 Å². The predicted octanol–water partition coefficient (Wildman–Crippen LogP) is 3.47. The quantitative estimate of drug-likeness (QED) is 0.707. The predicted molar refractivity (Wildman–Crippen MR) is 96.6 cm³/mol. The van der Waals surface area contributed by atoms with Gasteiger partial charge < -0.3 is 14.6 Å². The molecule has 0 aromatic carbocycles. The van der Waals surface area contributed by atoms with E-state index in [2.05, 4.69) is 5.32 Å². The van der Waals surface area contributed by atoms with Gasteiger partial charge in [-0.15, -0.1) is 22.7 Å². The van der Waals surface area contributed by atoms with Crippen LogP contribution in [0.5, 0.6) is 0 Å². The summed E-state index contributed by atoms with van der Waals surface area (Å²) in [5.41, 5.74) is 1.45. The van der Waals surface area contributed by atoms with Crippen LogP contribution in [0.1, 0.15) is 27.2 Å². The highest BCUT2D eigenvalue weighted by atomic mass is 32.1. The number of ether oxygens (including phenoxy) is 1. The van der Waals surface area contributed by atoms with Gasteiger partial charge in [-0.05, 0) is 37.4 Å². The zero-order valence-corrected chi connectivity index (χ0v) is 15.3. The lowest BCUT2D eigenvalue weighted by Crippen LogP contribution is -2.35. The fraction of sp³-hybridized carbons (Fsp3) is 0.294. The first-order valence-electron chi connectivity index (χ1n) is 7.52. The number of nitrogens with one attached hydrogen (secondary N) is 1. The molecule has 1 amide bonds. The molecule has 0 saturated heterocycles. The Morgan fingerprint density at radius 1 is 1.38 bits per heavy atom. The maximum atomic E-state index is 12.3. The Hall–Kier alpha value is -2.12. The normalized spacial score (nSPS) is 12.3. The van der Waals surface area contributed by atoms with Crippen LogP contribution in [0.3, 0.4) is 0 Å². The van der Waals surface area contributed by atoms with Gasteiger partial charge in [-0.3, -0.25) is 4.79 Å². The van der Waals surface area contributed by atoms with Gasteiger partial charge in [0.25, 0.3) is 5.91 Å². The fourth-order valence-electron chi connectivity index (χ4n) is 2.44. The van der Waals surface area contributed by atoms with E-state index in [4.69, 9.17) is 4.74 Å². The molecule has 7 heteroatoms. The summed E-state index contributed by atoms with van der Waals surface area (Å²) in [6.07, 6.45) is -0.841. The van der Waals surface area contributed by atoms with Gasteiger partial charge in [-0.2, -0.15) is 0 Å². The number of esters is 1. The third-order valence-electron chi connectivity index (χ3n) is 3.73. The zero-order valence-electron chi connectivity index (χ0n) is 13.7. The highest BCUT2D eigenvalue weighted by molar-refractivity contribution is 7.19. The minimum absolute atomic E-state index is 0.302. The second-order valence-electron chi connectivity index (χ2n) is 5.54. The SMILES string of the molecule is Cc1cc2c(cc(C(=O)OC(C)C(=O)NCc3cccs3)n2C)s1. The van der Waals surface area contributed by atoms with E-state index in [0.29, 0.717) is 12.2 Å². The maximum absolute atomic E-state index is 12.3. The standard InChI is InChI=1S/C17H18N2O3S2/c1-10-7-13-15(24-10)8-14(19(13)3)17(21)22-11(2)16(20)18-9-12-5-4-6-23-12/h4-8,11H,9H2,1-3H3,(H,18,20). The number of aryl methyl sites for hydroxylation is 2. The second kappa shape index (κ2) is 6.78. The molecule has 0 aliphatic heterocycles. The van der Waals surface area contributed by atoms with Crippen molar-refractivity contribution in [1.82, 2.24) is 9.88 Å². The van der Waals surface area contributed by atoms with Crippen LogP contribution >= 0.6 is 22.7 Å². The second-order valence-corrected chi connectivity index (χ2v) is 7.86. The Morgan fingerprint density at radius 3 is 2.83 bits per heavy atom. The molecule has 3 rings (SSSR count). The first-order chi connectivity index (χ1) is 11.5. The van der Waals surface area contributed by atoms with Crippen molar-refractivity contribution < 1.29 is 14.3 Å². The van der Waals surface area contributed by atoms with Crippen molar-refractivity contribution in [1.29, 1.82) is 0 Å². The van der Waals surface area contributed by atoms with Crippen LogP contribution in [0.4, 0.5) is 0 Å². The summed E-state index contributed by atoms with van der Waals surface area (Å²) in [5, 5.41) is 4.73. The molecular formula is C17H18N2O3S2. The number of carbonyl (C=O) groups is 2. The highest BCUT2D eigenvalue weighted by Gasteiger charge is 2.22. The summed E-state index contributed by atoms with van der Waals surface area (Å²) >= 11 is 3.20. The van der Waals surface area contributed by atoms with Crippen molar-refractivity contribution in [2.45, 2.75) is 26.5 Å². The van der Waals surface area contributed by atoms with Gasteiger partial charge in [-0.1, -0.05) is 6.07 Å². The van der Waals surface area contributed by atoms with Crippen molar-refractivity contribution >= 4 is 44.8 Å². The minimum atomic E-state index is -0.841. The third kappa shape index (κ3) is 3.37. The summed E-state index contributed by atoms with van der Waals surface area (Å²) in [7, 11) is 1.83. The van der Waals surface area contributed by atoms with Crippen LogP contribution < -0.4 is 5.32 Å². The van der Waals surface area contributed by atoms with E-state index < -0.39 is 12.1 Å². The average molecular weight is 362 g/mol. The van der Waals surface area contributed by atoms with Gasteiger partial charge in [0.15, 0.2) is 6.10 Å². The van der Waals surface area contributed by atoms with Crippen molar-refractivity contribution in [2.24, 2.45) is 7.05 Å². The van der Waals surface area contributed by atoms with Crippen molar-refractivity contribution in [3.8, 4) is 0 Å². The molecule has 126 valence electrons. The molecule has 24 heavy (non-hydrogen) atoms. The molecule has 1 unspecified atom stereocenters. The molecular weight excluding hydrogens is 344 g/mol. The number of amides is 1. The summed E-state index contributed by atoms with van der Waals surface area (Å²) < 4.78 is 8.16. The average Bonchev–Trinajstić information content (AvgIpc) is 3.23. The molecule has 0 radical (unpaired) electrons. The van der Waals surface area contributed by atoms with Crippen molar-refractivity contribution in [2.75, 3.05) is 0 Å². The highest BCUT2D eigenvalue weighted by Crippen LogP contribution is 2.28. The number of fused-ring (bicyclic) bond motifs is 1. The van der Waals surface area contributed by atoms with E-state index in [1.807, 2.05) is 43.6 Å². The van der Waals surface area contributed by atoms with Gasteiger partial charge in [0.2, 0.25) is 0 Å². The maximum Gasteiger partial charge on any atom is 0.355 e. The van der Waals surface area contributed by atoms with Gasteiger partial charge in [0, 0.05) is 16.8 Å². The Labute approximate surface area is 147 Å². The van der Waals surface area contributed by atoms with Crippen LogP contribution in [0.15, 0.2) is 29.6 Å². The number of aromatic nitrogens is 1. The van der Waals surface area contributed by atoms with E-state index in [1.54, 1.807) is 34.2 Å². The van der Waals surface area contributed by atoms with Gasteiger partial charge >= 0.3 is 5.97 Å². The molecule has 0 aliphatic rings. The smallest absolute Gasteiger partial charge is 0.355 e. The molecule has 1 atom stereocenters. The van der Waals surface area contributed by atoms with Crippen LogP contribution in [-0.2, 0) is 23.1 Å². The topological polar surface area (TPSA) is 60.3 Å². The molecule has 5 nitrogen and oxygen atoms in total. The summed E-state index contributed by atoms with van der Waals surface area (Å²) in [6, 6.07) is 7.72. The first kappa shape index (κ1) is 16.7. The van der Waals surface area contributed by atoms with Crippen LogP contribution in [0.2, 0.25) is 0 Å². The van der Waals surface area contributed by atoms with E-state index in [9.17, 15) is 9.59 Å². The third-order valence-corrected chi connectivity index (χ3v) is 5.60. The number of hydrogen-bond donors (Lipinski definition) is 1. The molecule has 1 N–H and O–H groups in total. The number of carbonyl (C=O) groups excluding carboxylic acids is 2. The lowest BCUT2D eigenvalue weighted by atomic mass is 10.3. The largest absolute Gasteiger partial charge is 0.448 e. The van der Waals surface area contributed by atoms with Crippen LogP contribution in [-0.4, -0.2) is 22.5 Å². The minimum Gasteiger partial charge on any atom is -0.448 e. The van der Waals surface area contributed by atoms with Crippen LogP contribution in [0.25, 0.3) is 10.2 Å². The molecule has 3 aromatic heterocycles. The summed E-state index contributed by atoms with van der Waals surface area (Å²) in [5.74, 6) is -0.791. The summed E-state index contributed by atoms with van der Waals surface area (Å²) in [4.78, 5) is 26.7. The first-order valence-corrected chi connectivity index (χ1v) is 9.22. The summed E-state index contributed by atoms with van der Waals surface area (Å²) in [6.45, 7) is 4.05. The zero-order chi connectivity index (χ0) is 17.3. The van der Waals surface area contributed by atoms with Gasteiger partial charge in [0.05, 0.1) is 16.8 Å². The van der Waals surface area contributed by atoms with E-state index in [0.717, 1.165) is 15.1 Å². The number of thiophene rings is 2. The number of hydrogen-bond acceptors (Lipinski definition) is 5. The molecule has 0 fully saturated rings. The Kier molecular flexibility index (Phi) is 4.73. The Bertz CT molecular complexity index is 877. The Morgan fingerprint density at radius 2 is 2.17 bits per heavy atom. The van der Waals surface area contributed by atoms with E-state index in [1.165, 1.54) is 4.88 Å². The van der Waals surface area contributed by atoms with E-state index in [-0.39, 0.29) is 5.91 Å². The molecule has 0 saturated carbocycles. The monoisotopic (exact) mass is 362 g/mol. The lowest BCUT2D eigenvalue weighted by Gasteiger charge is -2.13. The van der Waals surface area contributed by atoms with Gasteiger partial charge in [-0.25, -0.2) is 4.79 Å². The van der Waals surface area contributed by atoms with E-state index >= 15 is 0 Å². The number of nitrogens with zero attached hydrogens (tertiary/aromatic N) is 1. The molecule has 0 bridgehead atoms. The Balaban J connectivity index is 1.63. The fourth-order valence-corrected chi connectivity index (χ4v) is 4.07. The molecule has 0 aliphatic carbocycles. The van der Waals surface area contributed by atoms with Gasteiger partial charge in [0.1, 0.15) is 5.69 Å². The molecule has 0 spiro atoms.